The molecule has 1 aromatic carbocycles. The largest absolute Gasteiger partial charge is 0.325 e. The third kappa shape index (κ3) is 3.31. The van der Waals surface area contributed by atoms with Gasteiger partial charge in [0.1, 0.15) is 0 Å². The quantitative estimate of drug-likeness (QED) is 0.901. The summed E-state index contributed by atoms with van der Waals surface area (Å²) in [5, 5.41) is 10.4. The van der Waals surface area contributed by atoms with Crippen molar-refractivity contribution in [2.45, 2.75) is 25.9 Å². The van der Waals surface area contributed by atoms with E-state index in [0.29, 0.717) is 5.92 Å². The summed E-state index contributed by atoms with van der Waals surface area (Å²) in [5.41, 5.74) is 1.99. The van der Waals surface area contributed by atoms with E-state index >= 15 is 0 Å². The molecule has 2 aromatic rings. The Balaban J connectivity index is 1.60. The van der Waals surface area contributed by atoms with Gasteiger partial charge in [0.25, 0.3) is 0 Å². The number of hydrogen-bond acceptors (Lipinski definition) is 3. The molecule has 1 amide bonds. The zero-order valence-corrected chi connectivity index (χ0v) is 12.1. The van der Waals surface area contributed by atoms with Crippen molar-refractivity contribution < 1.29 is 4.79 Å². The number of carbonyl (C=O) groups is 1. The lowest BCUT2D eigenvalue weighted by atomic mass is 10.0. The lowest BCUT2D eigenvalue weighted by molar-refractivity contribution is -0.118. The zero-order valence-electron chi connectivity index (χ0n) is 12.1. The second-order valence-electron chi connectivity index (χ2n) is 5.59. The molecular formula is C16H20N4O. The number of rotatable bonds is 4. The lowest BCUT2D eigenvalue weighted by Gasteiger charge is -2.15. The summed E-state index contributed by atoms with van der Waals surface area (Å²) < 4.78 is 1.87. The van der Waals surface area contributed by atoms with Crippen LogP contribution in [-0.2, 0) is 11.3 Å². The highest BCUT2D eigenvalue weighted by molar-refractivity contribution is 5.95. The smallest absolute Gasteiger partial charge is 0.241 e. The molecule has 1 aromatic heterocycles. The molecule has 1 aliphatic heterocycles. The normalized spacial score (nSPS) is 21.4. The van der Waals surface area contributed by atoms with Gasteiger partial charge in [0.15, 0.2) is 0 Å². The Labute approximate surface area is 124 Å². The van der Waals surface area contributed by atoms with Gasteiger partial charge in [0.2, 0.25) is 5.91 Å². The second-order valence-corrected chi connectivity index (χ2v) is 5.59. The topological polar surface area (TPSA) is 59.0 Å². The fourth-order valence-corrected chi connectivity index (χ4v) is 2.68. The number of benzene rings is 1. The van der Waals surface area contributed by atoms with Gasteiger partial charge < -0.3 is 10.6 Å². The van der Waals surface area contributed by atoms with Gasteiger partial charge in [0, 0.05) is 18.1 Å². The van der Waals surface area contributed by atoms with Crippen LogP contribution in [0.5, 0.6) is 0 Å². The van der Waals surface area contributed by atoms with Crippen molar-refractivity contribution in [1.82, 2.24) is 15.1 Å². The average Bonchev–Trinajstić information content (AvgIpc) is 3.12. The van der Waals surface area contributed by atoms with Gasteiger partial charge in [-0.3, -0.25) is 9.48 Å². The maximum Gasteiger partial charge on any atom is 0.241 e. The molecule has 3 rings (SSSR count). The first-order chi connectivity index (χ1) is 10.2. The Hall–Kier alpha value is -2.14. The minimum Gasteiger partial charge on any atom is -0.325 e. The first-order valence-corrected chi connectivity index (χ1v) is 7.33. The summed E-state index contributed by atoms with van der Waals surface area (Å²) in [6.45, 7) is 3.77. The Kier molecular flexibility index (Phi) is 4.01. The first-order valence-electron chi connectivity index (χ1n) is 7.33. The van der Waals surface area contributed by atoms with E-state index in [2.05, 4.69) is 22.7 Å². The van der Waals surface area contributed by atoms with Crippen LogP contribution in [0.15, 0.2) is 42.7 Å². The third-order valence-electron chi connectivity index (χ3n) is 3.94. The summed E-state index contributed by atoms with van der Waals surface area (Å²) in [7, 11) is 0. The molecule has 0 saturated carbocycles. The van der Waals surface area contributed by atoms with Crippen molar-refractivity contribution in [3.8, 4) is 0 Å². The van der Waals surface area contributed by atoms with E-state index in [4.69, 9.17) is 0 Å². The van der Waals surface area contributed by atoms with E-state index in [1.54, 1.807) is 6.20 Å². The average molecular weight is 284 g/mol. The summed E-state index contributed by atoms with van der Waals surface area (Å²) in [6.07, 6.45) is 4.76. The van der Waals surface area contributed by atoms with Crippen molar-refractivity contribution in [2.75, 3.05) is 11.9 Å². The maximum atomic E-state index is 12.2. The summed E-state index contributed by atoms with van der Waals surface area (Å²) in [5.74, 6) is 0.448. The standard InChI is InChI=1S/C16H20N4O/c1-12-7-9-17-15(12)16(21)19-14-5-3-13(4-6-14)11-20-10-2-8-18-20/h2-6,8,10,12,15,17H,7,9,11H2,1H3,(H,19,21). The van der Waals surface area contributed by atoms with E-state index in [9.17, 15) is 4.79 Å². The summed E-state index contributed by atoms with van der Waals surface area (Å²) in [6, 6.07) is 9.75. The van der Waals surface area contributed by atoms with Crippen LogP contribution in [0.1, 0.15) is 18.9 Å². The Bertz CT molecular complexity index is 591. The number of nitrogens with zero attached hydrogens (tertiary/aromatic N) is 2. The molecule has 2 unspecified atom stereocenters. The van der Waals surface area contributed by atoms with Crippen LogP contribution >= 0.6 is 0 Å². The van der Waals surface area contributed by atoms with Crippen LogP contribution in [0.4, 0.5) is 5.69 Å². The van der Waals surface area contributed by atoms with E-state index < -0.39 is 0 Å². The van der Waals surface area contributed by atoms with E-state index in [0.717, 1.165) is 30.8 Å². The van der Waals surface area contributed by atoms with Gasteiger partial charge in [-0.2, -0.15) is 5.10 Å². The fourth-order valence-electron chi connectivity index (χ4n) is 2.68. The number of amides is 1. The molecule has 1 aliphatic rings. The van der Waals surface area contributed by atoms with Crippen molar-refractivity contribution in [1.29, 1.82) is 0 Å². The number of anilines is 1. The molecule has 0 spiro atoms. The number of carbonyl (C=O) groups excluding carboxylic acids is 1. The highest BCUT2D eigenvalue weighted by Crippen LogP contribution is 2.17. The molecule has 2 atom stereocenters. The molecular weight excluding hydrogens is 264 g/mol. The van der Waals surface area contributed by atoms with Gasteiger partial charge in [-0.15, -0.1) is 0 Å². The van der Waals surface area contributed by atoms with E-state index in [1.165, 1.54) is 0 Å². The molecule has 110 valence electrons. The van der Waals surface area contributed by atoms with Crippen LogP contribution in [0, 0.1) is 5.92 Å². The summed E-state index contributed by atoms with van der Waals surface area (Å²) in [4.78, 5) is 12.2. The van der Waals surface area contributed by atoms with E-state index in [1.807, 2.05) is 41.2 Å². The Morgan fingerprint density at radius 1 is 1.43 bits per heavy atom. The monoisotopic (exact) mass is 284 g/mol. The molecule has 5 nitrogen and oxygen atoms in total. The second kappa shape index (κ2) is 6.10. The van der Waals surface area contributed by atoms with Gasteiger partial charge in [-0.05, 0) is 42.6 Å². The molecule has 0 bridgehead atoms. The lowest BCUT2D eigenvalue weighted by Crippen LogP contribution is -2.39. The Morgan fingerprint density at radius 2 is 2.24 bits per heavy atom. The highest BCUT2D eigenvalue weighted by atomic mass is 16.2. The fraction of sp³-hybridized carbons (Fsp3) is 0.375. The third-order valence-corrected chi connectivity index (χ3v) is 3.94. The van der Waals surface area contributed by atoms with Gasteiger partial charge in [0.05, 0.1) is 12.6 Å². The molecule has 5 heteroatoms. The predicted octanol–water partition coefficient (Wildman–Crippen LogP) is 1.87. The van der Waals surface area contributed by atoms with Crippen molar-refractivity contribution in [3.63, 3.8) is 0 Å². The number of nitrogens with one attached hydrogen (secondary N) is 2. The zero-order chi connectivity index (χ0) is 14.7. The van der Waals surface area contributed by atoms with Crippen LogP contribution in [0.2, 0.25) is 0 Å². The predicted molar refractivity (Wildman–Crippen MR) is 82.0 cm³/mol. The van der Waals surface area contributed by atoms with Crippen molar-refractivity contribution >= 4 is 11.6 Å². The molecule has 0 aliphatic carbocycles. The minimum atomic E-state index is -0.0752. The number of aromatic nitrogens is 2. The van der Waals surface area contributed by atoms with Crippen LogP contribution in [0.3, 0.4) is 0 Å². The van der Waals surface area contributed by atoms with E-state index in [-0.39, 0.29) is 11.9 Å². The van der Waals surface area contributed by atoms with Crippen molar-refractivity contribution in [3.05, 3.63) is 48.3 Å². The van der Waals surface area contributed by atoms with Crippen LogP contribution in [0.25, 0.3) is 0 Å². The van der Waals surface area contributed by atoms with Gasteiger partial charge in [-0.1, -0.05) is 19.1 Å². The Morgan fingerprint density at radius 3 is 2.86 bits per heavy atom. The van der Waals surface area contributed by atoms with Crippen molar-refractivity contribution in [2.24, 2.45) is 5.92 Å². The minimum absolute atomic E-state index is 0.0554. The molecule has 2 N–H and O–H groups in total. The summed E-state index contributed by atoms with van der Waals surface area (Å²) >= 11 is 0. The maximum absolute atomic E-state index is 12.2. The molecule has 2 heterocycles. The molecule has 1 saturated heterocycles. The van der Waals surface area contributed by atoms with Crippen LogP contribution in [-0.4, -0.2) is 28.3 Å². The SMILES string of the molecule is CC1CCNC1C(=O)Nc1ccc(Cn2cccn2)cc1. The van der Waals surface area contributed by atoms with Gasteiger partial charge >= 0.3 is 0 Å². The van der Waals surface area contributed by atoms with Gasteiger partial charge in [-0.25, -0.2) is 0 Å². The highest BCUT2D eigenvalue weighted by Gasteiger charge is 2.29. The molecule has 1 fully saturated rings. The number of hydrogen-bond donors (Lipinski definition) is 2. The molecule has 21 heavy (non-hydrogen) atoms. The van der Waals surface area contributed by atoms with Crippen LogP contribution < -0.4 is 10.6 Å². The first kappa shape index (κ1) is 13.8. The molecule has 0 radical (unpaired) electrons.